The number of hydrogen-bond donors (Lipinski definition) is 0. The molecular formula is C12H16N4O3S. The smallest absolute Gasteiger partial charge is 0.306 e. The predicted octanol–water partition coefficient (Wildman–Crippen LogP) is 1.92. The number of carbonyl (C=O) groups is 1. The molecule has 0 bridgehead atoms. The first kappa shape index (κ1) is 14.6. The molecule has 0 aromatic carbocycles. The van der Waals surface area contributed by atoms with E-state index in [1.165, 1.54) is 18.9 Å². The van der Waals surface area contributed by atoms with Crippen molar-refractivity contribution in [1.29, 1.82) is 0 Å². The van der Waals surface area contributed by atoms with Gasteiger partial charge in [-0.1, -0.05) is 11.8 Å². The molecule has 0 N–H and O–H groups in total. The zero-order valence-corrected chi connectivity index (χ0v) is 12.4. The summed E-state index contributed by atoms with van der Waals surface area (Å²) in [5.74, 6) is 0.727. The number of ether oxygens (including phenoxy) is 1. The number of carbonyl (C=O) groups excluding carboxylic acids is 1. The Hall–Kier alpha value is -1.83. The monoisotopic (exact) mass is 296 g/mol. The molecular weight excluding hydrogens is 280 g/mol. The van der Waals surface area contributed by atoms with Crippen LogP contribution >= 0.6 is 11.8 Å². The molecule has 2 aromatic rings. The van der Waals surface area contributed by atoms with Crippen LogP contribution < -0.4 is 0 Å². The van der Waals surface area contributed by atoms with Crippen LogP contribution in [-0.2, 0) is 16.1 Å². The Balaban J connectivity index is 2.03. The van der Waals surface area contributed by atoms with Crippen LogP contribution in [0.4, 0.5) is 0 Å². The van der Waals surface area contributed by atoms with Crippen LogP contribution in [0, 0.1) is 6.92 Å². The van der Waals surface area contributed by atoms with Crippen molar-refractivity contribution in [3.8, 4) is 11.6 Å². The molecule has 0 aliphatic rings. The van der Waals surface area contributed by atoms with Crippen LogP contribution in [-0.4, -0.2) is 38.8 Å². The Morgan fingerprint density at radius 3 is 3.00 bits per heavy atom. The van der Waals surface area contributed by atoms with Crippen molar-refractivity contribution in [3.63, 3.8) is 0 Å². The third-order valence-corrected chi connectivity index (χ3v) is 3.41. The van der Waals surface area contributed by atoms with Crippen molar-refractivity contribution >= 4 is 17.7 Å². The standard InChI is InChI=1S/C12H16N4O3S/c1-4-16-9(7-8(2)15-16)11-13-14-12(19-11)20-6-5-10(17)18-3/h7H,4-6H2,1-3H3. The number of hydrogen-bond acceptors (Lipinski definition) is 7. The van der Waals surface area contributed by atoms with Gasteiger partial charge in [0, 0.05) is 12.3 Å². The first-order valence-corrected chi connectivity index (χ1v) is 7.20. The van der Waals surface area contributed by atoms with Gasteiger partial charge in [-0.05, 0) is 19.9 Å². The van der Waals surface area contributed by atoms with Crippen LogP contribution in [0.5, 0.6) is 0 Å². The quantitative estimate of drug-likeness (QED) is 0.594. The fourth-order valence-electron chi connectivity index (χ4n) is 1.65. The average Bonchev–Trinajstić information content (AvgIpc) is 3.04. The summed E-state index contributed by atoms with van der Waals surface area (Å²) in [7, 11) is 1.37. The lowest BCUT2D eigenvalue weighted by molar-refractivity contribution is -0.140. The molecule has 0 amide bonds. The molecule has 7 nitrogen and oxygen atoms in total. The van der Waals surface area contributed by atoms with E-state index in [1.54, 1.807) is 0 Å². The summed E-state index contributed by atoms with van der Waals surface area (Å²) >= 11 is 1.33. The molecule has 2 rings (SSSR count). The van der Waals surface area contributed by atoms with Crippen molar-refractivity contribution in [1.82, 2.24) is 20.0 Å². The third-order valence-electron chi connectivity index (χ3n) is 2.59. The van der Waals surface area contributed by atoms with Crippen LogP contribution in [0.25, 0.3) is 11.6 Å². The van der Waals surface area contributed by atoms with E-state index >= 15 is 0 Å². The molecule has 0 unspecified atom stereocenters. The minimum Gasteiger partial charge on any atom is -0.469 e. The molecule has 0 atom stereocenters. The van der Waals surface area contributed by atoms with Gasteiger partial charge in [0.2, 0.25) is 0 Å². The lowest BCUT2D eigenvalue weighted by atomic mass is 10.4. The molecule has 2 heterocycles. The first-order valence-electron chi connectivity index (χ1n) is 6.22. The van der Waals surface area contributed by atoms with Crippen molar-refractivity contribution in [2.45, 2.75) is 32.0 Å². The summed E-state index contributed by atoms with van der Waals surface area (Å²) in [6.45, 7) is 4.65. The maximum atomic E-state index is 11.0. The van der Waals surface area contributed by atoms with E-state index in [2.05, 4.69) is 20.0 Å². The predicted molar refractivity (Wildman–Crippen MR) is 73.3 cm³/mol. The van der Waals surface area contributed by atoms with Crippen molar-refractivity contribution in [2.24, 2.45) is 0 Å². The molecule has 0 spiro atoms. The molecule has 108 valence electrons. The second kappa shape index (κ2) is 6.56. The van der Waals surface area contributed by atoms with Crippen LogP contribution in [0.15, 0.2) is 15.7 Å². The molecule has 0 fully saturated rings. The Bertz CT molecular complexity index is 593. The molecule has 0 aliphatic heterocycles. The van der Waals surface area contributed by atoms with Crippen LogP contribution in [0.1, 0.15) is 19.0 Å². The number of aromatic nitrogens is 4. The zero-order chi connectivity index (χ0) is 14.5. The summed E-state index contributed by atoms with van der Waals surface area (Å²) in [5.41, 5.74) is 1.71. The molecule has 0 aliphatic carbocycles. The van der Waals surface area contributed by atoms with E-state index < -0.39 is 0 Å². The van der Waals surface area contributed by atoms with Crippen molar-refractivity contribution < 1.29 is 13.9 Å². The largest absolute Gasteiger partial charge is 0.469 e. The maximum absolute atomic E-state index is 11.0. The highest BCUT2D eigenvalue weighted by Gasteiger charge is 2.14. The molecule has 8 heteroatoms. The molecule has 0 radical (unpaired) electrons. The number of aryl methyl sites for hydroxylation is 2. The van der Waals surface area contributed by atoms with E-state index in [0.717, 1.165) is 17.9 Å². The number of nitrogens with zero attached hydrogens (tertiary/aromatic N) is 4. The van der Waals surface area contributed by atoms with Crippen molar-refractivity contribution in [2.75, 3.05) is 12.9 Å². The third kappa shape index (κ3) is 3.38. The van der Waals surface area contributed by atoms with Gasteiger partial charge in [-0.15, -0.1) is 10.2 Å². The minimum atomic E-state index is -0.253. The van der Waals surface area contributed by atoms with E-state index in [9.17, 15) is 4.79 Å². The van der Waals surface area contributed by atoms with Gasteiger partial charge in [0.25, 0.3) is 11.1 Å². The Kier molecular flexibility index (Phi) is 4.78. The molecule has 0 saturated carbocycles. The summed E-state index contributed by atoms with van der Waals surface area (Å²) in [4.78, 5) is 11.0. The highest BCUT2D eigenvalue weighted by Crippen LogP contribution is 2.24. The minimum absolute atomic E-state index is 0.253. The number of esters is 1. The van der Waals surface area contributed by atoms with Gasteiger partial charge in [0.1, 0.15) is 5.69 Å². The maximum Gasteiger partial charge on any atom is 0.306 e. The highest BCUT2D eigenvalue weighted by molar-refractivity contribution is 7.99. The second-order valence-electron chi connectivity index (χ2n) is 4.03. The normalized spacial score (nSPS) is 10.8. The lowest BCUT2D eigenvalue weighted by Gasteiger charge is -1.98. The second-order valence-corrected chi connectivity index (χ2v) is 5.08. The number of rotatable bonds is 6. The zero-order valence-electron chi connectivity index (χ0n) is 11.6. The van der Waals surface area contributed by atoms with E-state index in [0.29, 0.717) is 23.3 Å². The average molecular weight is 296 g/mol. The van der Waals surface area contributed by atoms with Gasteiger partial charge in [0.15, 0.2) is 0 Å². The fourth-order valence-corrected chi connectivity index (χ4v) is 2.33. The summed E-state index contributed by atoms with van der Waals surface area (Å²) < 4.78 is 11.9. The molecule has 2 aromatic heterocycles. The number of thioether (sulfide) groups is 1. The summed E-state index contributed by atoms with van der Waals surface area (Å²) in [5, 5.41) is 12.7. The lowest BCUT2D eigenvalue weighted by Crippen LogP contribution is -2.00. The van der Waals surface area contributed by atoms with Gasteiger partial charge in [-0.3, -0.25) is 9.48 Å². The Morgan fingerprint density at radius 1 is 1.50 bits per heavy atom. The van der Waals surface area contributed by atoms with Gasteiger partial charge in [-0.2, -0.15) is 5.10 Å². The summed E-state index contributed by atoms with van der Waals surface area (Å²) in [6.07, 6.45) is 0.310. The molecule has 0 saturated heterocycles. The highest BCUT2D eigenvalue weighted by atomic mass is 32.2. The van der Waals surface area contributed by atoms with Gasteiger partial charge < -0.3 is 9.15 Å². The Labute approximate surface area is 120 Å². The van der Waals surface area contributed by atoms with Crippen LogP contribution in [0.2, 0.25) is 0 Å². The van der Waals surface area contributed by atoms with Gasteiger partial charge in [0.05, 0.1) is 19.2 Å². The topological polar surface area (TPSA) is 83.0 Å². The SMILES string of the molecule is CCn1nc(C)cc1-c1nnc(SCCC(=O)OC)o1. The van der Waals surface area contributed by atoms with Crippen LogP contribution in [0.3, 0.4) is 0 Å². The number of methoxy groups -OCH3 is 1. The first-order chi connectivity index (χ1) is 9.63. The summed E-state index contributed by atoms with van der Waals surface area (Å²) in [6, 6.07) is 1.90. The van der Waals surface area contributed by atoms with E-state index in [-0.39, 0.29) is 5.97 Å². The van der Waals surface area contributed by atoms with Gasteiger partial charge >= 0.3 is 5.97 Å². The van der Waals surface area contributed by atoms with E-state index in [1.807, 2.05) is 24.6 Å². The van der Waals surface area contributed by atoms with Crippen molar-refractivity contribution in [3.05, 3.63) is 11.8 Å². The molecule has 20 heavy (non-hydrogen) atoms. The fraction of sp³-hybridized carbons (Fsp3) is 0.500. The van der Waals surface area contributed by atoms with Gasteiger partial charge in [-0.25, -0.2) is 0 Å². The van der Waals surface area contributed by atoms with E-state index in [4.69, 9.17) is 4.42 Å². The Morgan fingerprint density at radius 2 is 2.30 bits per heavy atom.